The summed E-state index contributed by atoms with van der Waals surface area (Å²) in [6.07, 6.45) is 0. The molecule has 1 amide bonds. The minimum Gasteiger partial charge on any atom is -0.368 e. The molecule has 0 unspecified atom stereocenters. The fourth-order valence-electron chi connectivity index (χ4n) is 3.14. The first-order chi connectivity index (χ1) is 14.4. The number of likely N-dealkylation sites (N-methyl/N-ethyl adjacent to an activating group) is 1. The third-order valence-electron chi connectivity index (χ3n) is 4.60. The van der Waals surface area contributed by atoms with E-state index in [2.05, 4.69) is 10.3 Å². The Bertz CT molecular complexity index is 1060. The first-order valence-electron chi connectivity index (χ1n) is 9.64. The SMILES string of the molecule is CC(=O)c1ccccc1-c1c(NCCN(C)C)nc(-c2ccccc2)nc1C(N)=O. The van der Waals surface area contributed by atoms with E-state index in [-0.39, 0.29) is 11.5 Å². The first-order valence-corrected chi connectivity index (χ1v) is 9.64. The molecule has 0 spiro atoms. The molecular formula is C23H25N5O2. The van der Waals surface area contributed by atoms with Gasteiger partial charge in [0.15, 0.2) is 11.6 Å². The molecule has 0 atom stereocenters. The number of nitrogens with zero attached hydrogens (tertiary/aromatic N) is 3. The molecule has 0 aliphatic rings. The van der Waals surface area contributed by atoms with Gasteiger partial charge in [0.2, 0.25) is 0 Å². The van der Waals surface area contributed by atoms with Gasteiger partial charge >= 0.3 is 0 Å². The summed E-state index contributed by atoms with van der Waals surface area (Å²) in [5.41, 5.74) is 8.05. The number of nitrogens with two attached hydrogens (primary N) is 1. The molecule has 0 aliphatic carbocycles. The Hall–Kier alpha value is -3.58. The van der Waals surface area contributed by atoms with Crippen molar-refractivity contribution in [2.75, 3.05) is 32.5 Å². The molecule has 1 heterocycles. The Morgan fingerprint density at radius 1 is 1.00 bits per heavy atom. The van der Waals surface area contributed by atoms with Gasteiger partial charge in [-0.05, 0) is 26.6 Å². The second kappa shape index (κ2) is 9.28. The number of Topliss-reactive ketones (excluding diaryl/α,β-unsaturated/α-hetero) is 1. The maximum absolute atomic E-state index is 12.4. The molecule has 154 valence electrons. The molecule has 0 aliphatic heterocycles. The minimum absolute atomic E-state index is 0.0740. The number of primary amides is 1. The highest BCUT2D eigenvalue weighted by atomic mass is 16.1. The van der Waals surface area contributed by atoms with Crippen molar-refractivity contribution in [2.45, 2.75) is 6.92 Å². The van der Waals surface area contributed by atoms with E-state index in [1.807, 2.05) is 49.3 Å². The van der Waals surface area contributed by atoms with Crippen LogP contribution in [0.15, 0.2) is 54.6 Å². The average molecular weight is 403 g/mol. The van der Waals surface area contributed by atoms with Gasteiger partial charge in [-0.1, -0.05) is 54.6 Å². The molecule has 30 heavy (non-hydrogen) atoms. The Labute approximate surface area is 176 Å². The predicted molar refractivity (Wildman–Crippen MR) is 118 cm³/mol. The summed E-state index contributed by atoms with van der Waals surface area (Å²) < 4.78 is 0. The zero-order valence-corrected chi connectivity index (χ0v) is 17.3. The monoisotopic (exact) mass is 403 g/mol. The molecule has 0 saturated carbocycles. The fourth-order valence-corrected chi connectivity index (χ4v) is 3.14. The van der Waals surface area contributed by atoms with E-state index in [0.29, 0.717) is 34.9 Å². The van der Waals surface area contributed by atoms with Crippen LogP contribution in [0, 0.1) is 0 Å². The second-order valence-corrected chi connectivity index (χ2v) is 7.18. The Morgan fingerprint density at radius 2 is 1.67 bits per heavy atom. The topological polar surface area (TPSA) is 101 Å². The number of benzene rings is 2. The summed E-state index contributed by atoms with van der Waals surface area (Å²) >= 11 is 0. The molecule has 7 nitrogen and oxygen atoms in total. The van der Waals surface area contributed by atoms with Crippen LogP contribution < -0.4 is 11.1 Å². The van der Waals surface area contributed by atoms with Gasteiger partial charge in [-0.25, -0.2) is 9.97 Å². The molecule has 0 saturated heterocycles. The van der Waals surface area contributed by atoms with Crippen molar-refractivity contribution in [1.29, 1.82) is 0 Å². The van der Waals surface area contributed by atoms with E-state index in [4.69, 9.17) is 10.7 Å². The highest BCUT2D eigenvalue weighted by Gasteiger charge is 2.23. The van der Waals surface area contributed by atoms with Crippen LogP contribution in [-0.2, 0) is 0 Å². The van der Waals surface area contributed by atoms with Crippen LogP contribution in [-0.4, -0.2) is 53.7 Å². The van der Waals surface area contributed by atoms with Crippen molar-refractivity contribution in [1.82, 2.24) is 14.9 Å². The quantitative estimate of drug-likeness (QED) is 0.561. The van der Waals surface area contributed by atoms with Crippen LogP contribution in [0.2, 0.25) is 0 Å². The van der Waals surface area contributed by atoms with E-state index in [0.717, 1.165) is 12.1 Å². The van der Waals surface area contributed by atoms with E-state index < -0.39 is 5.91 Å². The average Bonchev–Trinajstić information content (AvgIpc) is 2.73. The van der Waals surface area contributed by atoms with Crippen LogP contribution >= 0.6 is 0 Å². The van der Waals surface area contributed by atoms with Crippen molar-refractivity contribution in [3.63, 3.8) is 0 Å². The lowest BCUT2D eigenvalue weighted by Gasteiger charge is -2.18. The highest BCUT2D eigenvalue weighted by Crippen LogP contribution is 2.34. The van der Waals surface area contributed by atoms with E-state index in [1.54, 1.807) is 24.3 Å². The summed E-state index contributed by atoms with van der Waals surface area (Å²) in [5.74, 6) is 0.0556. The third kappa shape index (κ3) is 4.69. The number of rotatable bonds is 8. The van der Waals surface area contributed by atoms with Crippen LogP contribution in [0.3, 0.4) is 0 Å². The Morgan fingerprint density at radius 3 is 2.30 bits per heavy atom. The Balaban J connectivity index is 2.25. The number of ketones is 1. The smallest absolute Gasteiger partial charge is 0.268 e. The Kier molecular flexibility index (Phi) is 6.54. The maximum atomic E-state index is 12.4. The zero-order chi connectivity index (χ0) is 21.7. The standard InChI is InChI=1S/C23H25N5O2/c1-15(29)17-11-7-8-12-18(17)19-20(21(24)30)26-22(16-9-5-4-6-10-16)27-23(19)25-13-14-28(2)3/h4-12H,13-14H2,1-3H3,(H2,24,30)(H,25,26,27). The lowest BCUT2D eigenvalue weighted by atomic mass is 9.96. The number of hydrogen-bond acceptors (Lipinski definition) is 6. The molecular weight excluding hydrogens is 378 g/mol. The molecule has 7 heteroatoms. The lowest BCUT2D eigenvalue weighted by Crippen LogP contribution is -2.23. The second-order valence-electron chi connectivity index (χ2n) is 7.18. The van der Waals surface area contributed by atoms with Gasteiger partial charge in [0.1, 0.15) is 11.5 Å². The van der Waals surface area contributed by atoms with E-state index >= 15 is 0 Å². The number of anilines is 1. The summed E-state index contributed by atoms with van der Waals surface area (Å²) in [4.78, 5) is 35.9. The number of aromatic nitrogens is 2. The highest BCUT2D eigenvalue weighted by molar-refractivity contribution is 6.07. The molecule has 1 aromatic heterocycles. The summed E-state index contributed by atoms with van der Waals surface area (Å²) in [6.45, 7) is 2.83. The van der Waals surface area contributed by atoms with Crippen LogP contribution in [0.25, 0.3) is 22.5 Å². The van der Waals surface area contributed by atoms with Gasteiger partial charge in [0.05, 0.1) is 5.56 Å². The lowest BCUT2D eigenvalue weighted by molar-refractivity contribution is 0.0991. The number of hydrogen-bond donors (Lipinski definition) is 2. The fraction of sp³-hybridized carbons (Fsp3) is 0.217. The van der Waals surface area contributed by atoms with Crippen molar-refractivity contribution in [3.05, 3.63) is 65.9 Å². The van der Waals surface area contributed by atoms with Crippen LogP contribution in [0.1, 0.15) is 27.8 Å². The molecule has 3 rings (SSSR count). The molecule has 0 fully saturated rings. The summed E-state index contributed by atoms with van der Waals surface area (Å²) in [6, 6.07) is 16.5. The van der Waals surface area contributed by atoms with E-state index in [1.165, 1.54) is 6.92 Å². The summed E-state index contributed by atoms with van der Waals surface area (Å²) in [5, 5.41) is 3.30. The van der Waals surface area contributed by atoms with Gasteiger partial charge in [-0.2, -0.15) is 0 Å². The number of carbonyl (C=O) groups is 2. The molecule has 0 radical (unpaired) electrons. The summed E-state index contributed by atoms with van der Waals surface area (Å²) in [7, 11) is 3.94. The maximum Gasteiger partial charge on any atom is 0.268 e. The number of amides is 1. The van der Waals surface area contributed by atoms with Gasteiger partial charge in [0.25, 0.3) is 5.91 Å². The molecule has 3 N–H and O–H groups in total. The third-order valence-corrected chi connectivity index (χ3v) is 4.60. The van der Waals surface area contributed by atoms with E-state index in [9.17, 15) is 9.59 Å². The zero-order valence-electron chi connectivity index (χ0n) is 17.3. The van der Waals surface area contributed by atoms with Crippen molar-refractivity contribution in [3.8, 4) is 22.5 Å². The largest absolute Gasteiger partial charge is 0.368 e. The predicted octanol–water partition coefficient (Wildman–Crippen LogP) is 3.09. The van der Waals surface area contributed by atoms with Crippen molar-refractivity contribution < 1.29 is 9.59 Å². The molecule has 0 bridgehead atoms. The van der Waals surface area contributed by atoms with Crippen molar-refractivity contribution in [2.24, 2.45) is 5.73 Å². The molecule has 3 aromatic rings. The van der Waals surface area contributed by atoms with Gasteiger partial charge in [0, 0.05) is 24.2 Å². The van der Waals surface area contributed by atoms with Crippen LogP contribution in [0.5, 0.6) is 0 Å². The molecule has 2 aromatic carbocycles. The number of nitrogens with one attached hydrogen (secondary N) is 1. The van der Waals surface area contributed by atoms with Crippen LogP contribution in [0.4, 0.5) is 5.82 Å². The van der Waals surface area contributed by atoms with Gasteiger partial charge in [-0.3, -0.25) is 9.59 Å². The number of carbonyl (C=O) groups excluding carboxylic acids is 2. The van der Waals surface area contributed by atoms with Crippen molar-refractivity contribution >= 4 is 17.5 Å². The van der Waals surface area contributed by atoms with Gasteiger partial charge < -0.3 is 16.0 Å². The first kappa shape index (κ1) is 21.1. The normalized spacial score (nSPS) is 10.8. The van der Waals surface area contributed by atoms with Gasteiger partial charge in [-0.15, -0.1) is 0 Å². The minimum atomic E-state index is -0.682.